The molecule has 0 atom stereocenters. The molecule has 4 nitrogen and oxygen atoms in total. The lowest BCUT2D eigenvalue weighted by atomic mass is 10.1. The molecule has 1 aromatic carbocycles. The Kier molecular flexibility index (Phi) is 2.90. The first-order chi connectivity index (χ1) is 7.65. The zero-order valence-corrected chi connectivity index (χ0v) is 8.77. The van der Waals surface area contributed by atoms with Gasteiger partial charge >= 0.3 is 5.97 Å². The summed E-state index contributed by atoms with van der Waals surface area (Å²) in [6.07, 6.45) is 1.13. The third kappa shape index (κ3) is 2.39. The molecule has 0 spiro atoms. The molecule has 1 aliphatic rings. The number of benzene rings is 1. The van der Waals surface area contributed by atoms with Crippen molar-refractivity contribution in [3.05, 3.63) is 35.4 Å². The molecule has 84 valence electrons. The SMILES string of the molecule is O=C(O)CC(=O)NC1Cc2ccccc2C1. The van der Waals surface area contributed by atoms with Gasteiger partial charge in [-0.05, 0) is 24.0 Å². The molecule has 0 saturated carbocycles. The quantitative estimate of drug-likeness (QED) is 0.737. The smallest absolute Gasteiger partial charge is 0.312 e. The van der Waals surface area contributed by atoms with Crippen LogP contribution in [0.3, 0.4) is 0 Å². The summed E-state index contributed by atoms with van der Waals surface area (Å²) in [5.41, 5.74) is 2.48. The molecule has 0 fully saturated rings. The molecule has 1 aliphatic carbocycles. The largest absolute Gasteiger partial charge is 0.481 e. The molecule has 16 heavy (non-hydrogen) atoms. The number of nitrogens with one attached hydrogen (secondary N) is 1. The van der Waals surface area contributed by atoms with Crippen molar-refractivity contribution >= 4 is 11.9 Å². The van der Waals surface area contributed by atoms with Gasteiger partial charge in [-0.2, -0.15) is 0 Å². The van der Waals surface area contributed by atoms with Crippen LogP contribution < -0.4 is 5.32 Å². The van der Waals surface area contributed by atoms with Crippen LogP contribution in [0, 0.1) is 0 Å². The zero-order valence-electron chi connectivity index (χ0n) is 8.77. The van der Waals surface area contributed by atoms with Crippen LogP contribution in [0.15, 0.2) is 24.3 Å². The molecule has 0 unspecified atom stereocenters. The second kappa shape index (κ2) is 4.35. The molecule has 0 aromatic heterocycles. The minimum Gasteiger partial charge on any atom is -0.481 e. The van der Waals surface area contributed by atoms with Crippen LogP contribution in [0.4, 0.5) is 0 Å². The number of hydrogen-bond donors (Lipinski definition) is 2. The van der Waals surface area contributed by atoms with Gasteiger partial charge in [0, 0.05) is 6.04 Å². The minimum absolute atomic E-state index is 0.0456. The Balaban J connectivity index is 1.92. The summed E-state index contributed by atoms with van der Waals surface area (Å²) in [6.45, 7) is 0. The number of carbonyl (C=O) groups excluding carboxylic acids is 1. The van der Waals surface area contributed by atoms with E-state index >= 15 is 0 Å². The first kappa shape index (κ1) is 10.7. The lowest BCUT2D eigenvalue weighted by molar-refractivity contribution is -0.140. The van der Waals surface area contributed by atoms with Crippen LogP contribution in [-0.2, 0) is 22.4 Å². The van der Waals surface area contributed by atoms with Gasteiger partial charge in [-0.25, -0.2) is 0 Å². The number of fused-ring (bicyclic) bond motifs is 1. The lowest BCUT2D eigenvalue weighted by Gasteiger charge is -2.10. The molecule has 4 heteroatoms. The van der Waals surface area contributed by atoms with Crippen molar-refractivity contribution in [2.45, 2.75) is 25.3 Å². The monoisotopic (exact) mass is 219 g/mol. The summed E-state index contributed by atoms with van der Waals surface area (Å²) < 4.78 is 0. The summed E-state index contributed by atoms with van der Waals surface area (Å²) in [6, 6.07) is 8.07. The molecule has 2 N–H and O–H groups in total. The van der Waals surface area contributed by atoms with Gasteiger partial charge in [0.15, 0.2) is 0 Å². The third-order valence-corrected chi connectivity index (χ3v) is 2.73. The highest BCUT2D eigenvalue weighted by atomic mass is 16.4. The molecule has 0 aliphatic heterocycles. The maximum atomic E-state index is 11.3. The number of carboxylic acids is 1. The van der Waals surface area contributed by atoms with Crippen molar-refractivity contribution in [1.29, 1.82) is 0 Å². The van der Waals surface area contributed by atoms with Gasteiger partial charge in [-0.3, -0.25) is 9.59 Å². The Morgan fingerprint density at radius 3 is 2.31 bits per heavy atom. The number of aliphatic carboxylic acids is 1. The van der Waals surface area contributed by atoms with Gasteiger partial charge in [-0.1, -0.05) is 24.3 Å². The van der Waals surface area contributed by atoms with Gasteiger partial charge in [0.1, 0.15) is 6.42 Å². The number of hydrogen-bond acceptors (Lipinski definition) is 2. The number of carboxylic acid groups (broad SMARTS) is 1. The van der Waals surface area contributed by atoms with E-state index in [0.29, 0.717) is 0 Å². The van der Waals surface area contributed by atoms with Gasteiger partial charge < -0.3 is 10.4 Å². The Morgan fingerprint density at radius 2 is 1.81 bits per heavy atom. The van der Waals surface area contributed by atoms with E-state index in [1.165, 1.54) is 11.1 Å². The van der Waals surface area contributed by atoms with Crippen molar-refractivity contribution in [2.75, 3.05) is 0 Å². The van der Waals surface area contributed by atoms with Crippen LogP contribution >= 0.6 is 0 Å². The normalized spacial score (nSPS) is 14.5. The van der Waals surface area contributed by atoms with Gasteiger partial charge in [0.05, 0.1) is 0 Å². The van der Waals surface area contributed by atoms with E-state index < -0.39 is 18.3 Å². The number of carbonyl (C=O) groups is 2. The minimum atomic E-state index is -1.09. The summed E-state index contributed by atoms with van der Waals surface area (Å²) >= 11 is 0. The Labute approximate surface area is 93.3 Å². The van der Waals surface area contributed by atoms with E-state index in [2.05, 4.69) is 5.32 Å². The Morgan fingerprint density at radius 1 is 1.25 bits per heavy atom. The average molecular weight is 219 g/mol. The summed E-state index contributed by atoms with van der Waals surface area (Å²) in [5.74, 6) is -1.50. The van der Waals surface area contributed by atoms with E-state index in [-0.39, 0.29) is 6.04 Å². The van der Waals surface area contributed by atoms with Crippen LogP contribution in [0.1, 0.15) is 17.5 Å². The number of rotatable bonds is 3. The van der Waals surface area contributed by atoms with Crippen LogP contribution in [0.5, 0.6) is 0 Å². The molecule has 0 saturated heterocycles. The van der Waals surface area contributed by atoms with Gasteiger partial charge in [-0.15, -0.1) is 0 Å². The second-order valence-electron chi connectivity index (χ2n) is 4.01. The fourth-order valence-corrected chi connectivity index (χ4v) is 2.08. The van der Waals surface area contributed by atoms with Crippen molar-refractivity contribution < 1.29 is 14.7 Å². The molecule has 0 bridgehead atoms. The molecule has 0 heterocycles. The van der Waals surface area contributed by atoms with Gasteiger partial charge in [0.25, 0.3) is 0 Å². The first-order valence-corrected chi connectivity index (χ1v) is 5.23. The first-order valence-electron chi connectivity index (χ1n) is 5.23. The van der Waals surface area contributed by atoms with E-state index in [9.17, 15) is 9.59 Å². The highest BCUT2D eigenvalue weighted by Gasteiger charge is 2.22. The maximum Gasteiger partial charge on any atom is 0.312 e. The Bertz CT molecular complexity index is 403. The molecule has 2 rings (SSSR count). The standard InChI is InChI=1S/C12H13NO3/c14-11(7-12(15)16)13-10-5-8-3-1-2-4-9(8)6-10/h1-4,10H,5-7H2,(H,13,14)(H,15,16). The van der Waals surface area contributed by atoms with E-state index in [1.54, 1.807) is 0 Å². The summed E-state index contributed by atoms with van der Waals surface area (Å²) in [7, 11) is 0. The molecule has 0 radical (unpaired) electrons. The molecular weight excluding hydrogens is 206 g/mol. The van der Waals surface area contributed by atoms with Crippen LogP contribution in [0.25, 0.3) is 0 Å². The highest BCUT2D eigenvalue weighted by Crippen LogP contribution is 2.21. The molecule has 1 aromatic rings. The predicted octanol–water partition coefficient (Wildman–Crippen LogP) is 0.745. The highest BCUT2D eigenvalue weighted by molar-refractivity contribution is 5.93. The van der Waals surface area contributed by atoms with Crippen molar-refractivity contribution in [3.8, 4) is 0 Å². The van der Waals surface area contributed by atoms with Crippen molar-refractivity contribution in [3.63, 3.8) is 0 Å². The van der Waals surface area contributed by atoms with Crippen LogP contribution in [0.2, 0.25) is 0 Å². The third-order valence-electron chi connectivity index (χ3n) is 2.73. The maximum absolute atomic E-state index is 11.3. The van der Waals surface area contributed by atoms with Gasteiger partial charge in [0.2, 0.25) is 5.91 Å². The molecule has 1 amide bonds. The van der Waals surface area contributed by atoms with E-state index in [4.69, 9.17) is 5.11 Å². The second-order valence-corrected chi connectivity index (χ2v) is 4.01. The fourth-order valence-electron chi connectivity index (χ4n) is 2.08. The topological polar surface area (TPSA) is 66.4 Å². The van der Waals surface area contributed by atoms with Crippen molar-refractivity contribution in [2.24, 2.45) is 0 Å². The average Bonchev–Trinajstić information content (AvgIpc) is 2.57. The molecular formula is C12H13NO3. The van der Waals surface area contributed by atoms with E-state index in [1.807, 2.05) is 24.3 Å². The zero-order chi connectivity index (χ0) is 11.5. The Hall–Kier alpha value is -1.84. The van der Waals surface area contributed by atoms with Crippen LogP contribution in [-0.4, -0.2) is 23.0 Å². The predicted molar refractivity (Wildman–Crippen MR) is 58.0 cm³/mol. The van der Waals surface area contributed by atoms with Crippen molar-refractivity contribution in [1.82, 2.24) is 5.32 Å². The van der Waals surface area contributed by atoms with E-state index in [0.717, 1.165) is 12.8 Å². The number of amides is 1. The summed E-state index contributed by atoms with van der Waals surface area (Å²) in [4.78, 5) is 21.6. The summed E-state index contributed by atoms with van der Waals surface area (Å²) in [5, 5.41) is 11.2. The fraction of sp³-hybridized carbons (Fsp3) is 0.333. The lowest BCUT2D eigenvalue weighted by Crippen LogP contribution is -2.36.